The molecule has 6 heteroatoms. The molecule has 0 amide bonds. The molecule has 0 fully saturated rings. The first kappa shape index (κ1) is 13.8. The molecule has 0 radical (unpaired) electrons. The van der Waals surface area contributed by atoms with Crippen LogP contribution in [0.15, 0.2) is 36.5 Å². The number of halogens is 1. The summed E-state index contributed by atoms with van der Waals surface area (Å²) in [4.78, 5) is 8.61. The minimum absolute atomic E-state index is 0.214. The molecule has 2 heterocycles. The molecule has 0 bridgehead atoms. The van der Waals surface area contributed by atoms with Gasteiger partial charge in [0.05, 0.1) is 17.3 Å². The lowest BCUT2D eigenvalue weighted by atomic mass is 10.2. The fourth-order valence-electron chi connectivity index (χ4n) is 2.09. The van der Waals surface area contributed by atoms with Crippen molar-refractivity contribution in [2.75, 3.05) is 5.32 Å². The second-order valence-electron chi connectivity index (χ2n) is 4.92. The molecule has 0 saturated heterocycles. The minimum atomic E-state index is 0.214. The number of aromatic nitrogens is 4. The van der Waals surface area contributed by atoms with E-state index in [2.05, 4.69) is 34.2 Å². The van der Waals surface area contributed by atoms with E-state index < -0.39 is 0 Å². The molecular formula is C15H16ClN5. The number of hydrogen-bond donors (Lipinski definition) is 1. The summed E-state index contributed by atoms with van der Waals surface area (Å²) in [6.45, 7) is 4.22. The highest BCUT2D eigenvalue weighted by molar-refractivity contribution is 6.28. The third kappa shape index (κ3) is 2.69. The molecule has 5 nitrogen and oxygen atoms in total. The van der Waals surface area contributed by atoms with Crippen molar-refractivity contribution in [3.05, 3.63) is 41.8 Å². The molecule has 108 valence electrons. The second-order valence-corrected chi connectivity index (χ2v) is 5.26. The van der Waals surface area contributed by atoms with E-state index in [1.807, 2.05) is 30.3 Å². The Morgan fingerprint density at radius 1 is 1.24 bits per heavy atom. The van der Waals surface area contributed by atoms with E-state index in [0.717, 1.165) is 23.3 Å². The zero-order chi connectivity index (χ0) is 14.8. The topological polar surface area (TPSA) is 55.6 Å². The van der Waals surface area contributed by atoms with Gasteiger partial charge in [-0.15, -0.1) is 0 Å². The molecule has 1 unspecified atom stereocenters. The lowest BCUT2D eigenvalue weighted by Crippen LogP contribution is -2.15. The van der Waals surface area contributed by atoms with Crippen molar-refractivity contribution in [3.8, 4) is 5.69 Å². The summed E-state index contributed by atoms with van der Waals surface area (Å²) >= 11 is 6.06. The Bertz CT molecular complexity index is 753. The zero-order valence-electron chi connectivity index (χ0n) is 11.9. The van der Waals surface area contributed by atoms with Gasteiger partial charge in [-0.05, 0) is 37.1 Å². The molecule has 3 aromatic rings. The lowest BCUT2D eigenvalue weighted by Gasteiger charge is -2.12. The predicted molar refractivity (Wildman–Crippen MR) is 85.0 cm³/mol. The smallest absolute Gasteiger partial charge is 0.226 e. The van der Waals surface area contributed by atoms with Crippen LogP contribution >= 0.6 is 11.6 Å². The first-order chi connectivity index (χ1) is 10.2. The van der Waals surface area contributed by atoms with Gasteiger partial charge in [0, 0.05) is 6.04 Å². The van der Waals surface area contributed by atoms with Gasteiger partial charge in [-0.2, -0.15) is 15.1 Å². The summed E-state index contributed by atoms with van der Waals surface area (Å²) in [6, 6.07) is 10.1. The van der Waals surface area contributed by atoms with Gasteiger partial charge in [0.1, 0.15) is 5.82 Å². The lowest BCUT2D eigenvalue weighted by molar-refractivity contribution is 0.760. The van der Waals surface area contributed by atoms with E-state index >= 15 is 0 Å². The average Bonchev–Trinajstić information content (AvgIpc) is 2.91. The van der Waals surface area contributed by atoms with Crippen molar-refractivity contribution in [1.29, 1.82) is 0 Å². The van der Waals surface area contributed by atoms with Crippen LogP contribution in [0, 0.1) is 0 Å². The van der Waals surface area contributed by atoms with Crippen LogP contribution in [0.2, 0.25) is 5.28 Å². The largest absolute Gasteiger partial charge is 0.367 e. The Hall–Kier alpha value is -2.14. The summed E-state index contributed by atoms with van der Waals surface area (Å²) in [7, 11) is 0. The molecule has 0 aliphatic heterocycles. The molecular weight excluding hydrogens is 286 g/mol. The van der Waals surface area contributed by atoms with E-state index in [0.29, 0.717) is 11.7 Å². The van der Waals surface area contributed by atoms with E-state index in [9.17, 15) is 0 Å². The molecule has 0 aliphatic carbocycles. The van der Waals surface area contributed by atoms with Gasteiger partial charge in [0.15, 0.2) is 5.65 Å². The highest BCUT2D eigenvalue weighted by Crippen LogP contribution is 2.24. The SMILES string of the molecule is CCC(C)Nc1nc(Cl)nc2c1cnn2-c1ccccc1. The van der Waals surface area contributed by atoms with Crippen molar-refractivity contribution in [2.45, 2.75) is 26.3 Å². The van der Waals surface area contributed by atoms with Gasteiger partial charge in [0.2, 0.25) is 5.28 Å². The fraction of sp³-hybridized carbons (Fsp3) is 0.267. The van der Waals surface area contributed by atoms with Crippen molar-refractivity contribution in [2.24, 2.45) is 0 Å². The number of nitrogens with zero attached hydrogens (tertiary/aromatic N) is 4. The zero-order valence-corrected chi connectivity index (χ0v) is 12.7. The third-order valence-electron chi connectivity index (χ3n) is 3.40. The maximum Gasteiger partial charge on any atom is 0.226 e. The van der Waals surface area contributed by atoms with E-state index in [-0.39, 0.29) is 5.28 Å². The maximum atomic E-state index is 6.06. The summed E-state index contributed by atoms with van der Waals surface area (Å²) < 4.78 is 1.77. The van der Waals surface area contributed by atoms with Crippen LogP contribution in [-0.2, 0) is 0 Å². The molecule has 0 saturated carbocycles. The normalized spacial score (nSPS) is 12.5. The van der Waals surface area contributed by atoms with E-state index in [1.165, 1.54) is 0 Å². The van der Waals surface area contributed by atoms with Crippen LogP contribution in [-0.4, -0.2) is 25.8 Å². The maximum absolute atomic E-state index is 6.06. The van der Waals surface area contributed by atoms with Crippen molar-refractivity contribution in [3.63, 3.8) is 0 Å². The molecule has 1 aromatic carbocycles. The van der Waals surface area contributed by atoms with Gasteiger partial charge in [-0.25, -0.2) is 4.68 Å². The van der Waals surface area contributed by atoms with Crippen LogP contribution in [0.5, 0.6) is 0 Å². The molecule has 1 atom stereocenters. The number of fused-ring (bicyclic) bond motifs is 1. The Morgan fingerprint density at radius 2 is 2.00 bits per heavy atom. The predicted octanol–water partition coefficient (Wildman–Crippen LogP) is 3.68. The van der Waals surface area contributed by atoms with Crippen LogP contribution in [0.1, 0.15) is 20.3 Å². The van der Waals surface area contributed by atoms with Crippen LogP contribution < -0.4 is 5.32 Å². The second kappa shape index (κ2) is 5.69. The summed E-state index contributed by atoms with van der Waals surface area (Å²) in [5, 5.41) is 8.85. The minimum Gasteiger partial charge on any atom is -0.367 e. The first-order valence-corrected chi connectivity index (χ1v) is 7.30. The third-order valence-corrected chi connectivity index (χ3v) is 3.57. The highest BCUT2D eigenvalue weighted by Gasteiger charge is 2.14. The van der Waals surface area contributed by atoms with Crippen molar-refractivity contribution in [1.82, 2.24) is 19.7 Å². The number of para-hydroxylation sites is 1. The quantitative estimate of drug-likeness (QED) is 0.747. The van der Waals surface area contributed by atoms with Gasteiger partial charge in [-0.1, -0.05) is 25.1 Å². The molecule has 2 aromatic heterocycles. The number of rotatable bonds is 4. The Morgan fingerprint density at radius 3 is 2.71 bits per heavy atom. The summed E-state index contributed by atoms with van der Waals surface area (Å²) in [6.07, 6.45) is 2.76. The standard InChI is InChI=1S/C15H16ClN5/c1-3-10(2)18-13-12-9-17-21(11-7-5-4-6-8-11)14(12)20-15(16)19-13/h4-10H,3H2,1-2H3,(H,18,19,20). The molecule has 1 N–H and O–H groups in total. The molecule has 0 aliphatic rings. The Kier molecular flexibility index (Phi) is 3.75. The monoisotopic (exact) mass is 301 g/mol. The summed E-state index contributed by atoms with van der Waals surface area (Å²) in [5.41, 5.74) is 1.64. The molecule has 3 rings (SSSR count). The molecule has 21 heavy (non-hydrogen) atoms. The van der Waals surface area contributed by atoms with Crippen LogP contribution in [0.4, 0.5) is 5.82 Å². The van der Waals surface area contributed by atoms with Crippen molar-refractivity contribution >= 4 is 28.5 Å². The van der Waals surface area contributed by atoms with Gasteiger partial charge < -0.3 is 5.32 Å². The van der Waals surface area contributed by atoms with Gasteiger partial charge in [-0.3, -0.25) is 0 Å². The number of hydrogen-bond acceptors (Lipinski definition) is 4. The highest BCUT2D eigenvalue weighted by atomic mass is 35.5. The Labute approximate surface area is 128 Å². The number of nitrogens with one attached hydrogen (secondary N) is 1. The number of benzene rings is 1. The number of anilines is 1. The van der Waals surface area contributed by atoms with Crippen LogP contribution in [0.25, 0.3) is 16.7 Å². The van der Waals surface area contributed by atoms with Gasteiger partial charge in [0.25, 0.3) is 0 Å². The molecule has 0 spiro atoms. The Balaban J connectivity index is 2.14. The first-order valence-electron chi connectivity index (χ1n) is 6.92. The van der Waals surface area contributed by atoms with E-state index in [4.69, 9.17) is 11.6 Å². The van der Waals surface area contributed by atoms with Crippen LogP contribution in [0.3, 0.4) is 0 Å². The van der Waals surface area contributed by atoms with Crippen molar-refractivity contribution < 1.29 is 0 Å². The van der Waals surface area contributed by atoms with E-state index in [1.54, 1.807) is 10.9 Å². The van der Waals surface area contributed by atoms with Gasteiger partial charge >= 0.3 is 0 Å². The average molecular weight is 302 g/mol. The summed E-state index contributed by atoms with van der Waals surface area (Å²) in [5.74, 6) is 0.724. The fourth-order valence-corrected chi connectivity index (χ4v) is 2.25.